The molecule has 0 radical (unpaired) electrons. The first kappa shape index (κ1) is 13.0. The molecule has 0 saturated carbocycles. The number of hydrogen-bond acceptors (Lipinski definition) is 2. The summed E-state index contributed by atoms with van der Waals surface area (Å²) in [6.07, 6.45) is 0. The Bertz CT molecular complexity index is 741. The van der Waals surface area contributed by atoms with Crippen LogP contribution in [0.5, 0.6) is 5.75 Å². The zero-order chi connectivity index (χ0) is 13.9. The van der Waals surface area contributed by atoms with E-state index in [1.165, 1.54) is 0 Å². The molecule has 0 saturated heterocycles. The molecule has 20 heavy (non-hydrogen) atoms. The number of rotatable bonds is 3. The van der Waals surface area contributed by atoms with Gasteiger partial charge >= 0.3 is 0 Å². The zero-order valence-electron chi connectivity index (χ0n) is 10.8. The van der Waals surface area contributed by atoms with Gasteiger partial charge in [-0.1, -0.05) is 52.3 Å². The Labute approximate surface area is 126 Å². The van der Waals surface area contributed by atoms with Crippen LogP contribution in [0.15, 0.2) is 65.1 Å². The Morgan fingerprint density at radius 2 is 1.70 bits per heavy atom. The van der Waals surface area contributed by atoms with Gasteiger partial charge in [0.2, 0.25) is 0 Å². The Balaban J connectivity index is 1.89. The first-order chi connectivity index (χ1) is 9.72. The van der Waals surface area contributed by atoms with E-state index in [-0.39, 0.29) is 0 Å². The lowest BCUT2D eigenvalue weighted by Gasteiger charge is -2.10. The van der Waals surface area contributed by atoms with Crippen LogP contribution in [0, 0.1) is 0 Å². The van der Waals surface area contributed by atoms with Gasteiger partial charge < -0.3 is 10.5 Å². The van der Waals surface area contributed by atoms with Crippen LogP contribution >= 0.6 is 15.9 Å². The van der Waals surface area contributed by atoms with Crippen molar-refractivity contribution in [2.24, 2.45) is 0 Å². The van der Waals surface area contributed by atoms with Crippen molar-refractivity contribution < 1.29 is 4.74 Å². The molecule has 100 valence electrons. The smallest absolute Gasteiger partial charge is 0.143 e. The summed E-state index contributed by atoms with van der Waals surface area (Å²) < 4.78 is 6.88. The summed E-state index contributed by atoms with van der Waals surface area (Å²) in [5.41, 5.74) is 7.84. The molecule has 0 aromatic heterocycles. The first-order valence-corrected chi connectivity index (χ1v) is 7.17. The highest BCUT2D eigenvalue weighted by molar-refractivity contribution is 9.10. The van der Waals surface area contributed by atoms with Gasteiger partial charge in [-0.05, 0) is 40.6 Å². The van der Waals surface area contributed by atoms with E-state index in [4.69, 9.17) is 10.5 Å². The second kappa shape index (κ2) is 5.55. The molecule has 0 fully saturated rings. The maximum Gasteiger partial charge on any atom is 0.143 e. The number of nitrogen functional groups attached to an aromatic ring is 1. The summed E-state index contributed by atoms with van der Waals surface area (Å²) in [5.74, 6) is 0.722. The van der Waals surface area contributed by atoms with Crippen LogP contribution in [-0.2, 0) is 6.61 Å². The molecule has 3 heteroatoms. The van der Waals surface area contributed by atoms with Gasteiger partial charge in [0.25, 0.3) is 0 Å². The van der Waals surface area contributed by atoms with E-state index >= 15 is 0 Å². The summed E-state index contributed by atoms with van der Waals surface area (Å²) in [6, 6.07) is 20.1. The molecule has 3 aromatic rings. The lowest BCUT2D eigenvalue weighted by Crippen LogP contribution is -1.98. The number of hydrogen-bond donors (Lipinski definition) is 1. The van der Waals surface area contributed by atoms with Crippen LogP contribution in [0.1, 0.15) is 5.56 Å². The van der Waals surface area contributed by atoms with Gasteiger partial charge in [0.1, 0.15) is 12.4 Å². The molecule has 0 aliphatic heterocycles. The average molecular weight is 328 g/mol. The van der Waals surface area contributed by atoms with Crippen molar-refractivity contribution in [3.63, 3.8) is 0 Å². The molecule has 3 aromatic carbocycles. The molecule has 0 bridgehead atoms. The average Bonchev–Trinajstić information content (AvgIpc) is 2.46. The van der Waals surface area contributed by atoms with Crippen molar-refractivity contribution in [2.75, 3.05) is 5.73 Å². The number of ether oxygens (including phenoxy) is 1. The molecular formula is C17H14BrNO. The topological polar surface area (TPSA) is 35.2 Å². The van der Waals surface area contributed by atoms with Gasteiger partial charge in [-0.25, -0.2) is 0 Å². The second-order valence-electron chi connectivity index (χ2n) is 4.66. The Hall–Kier alpha value is -2.00. The van der Waals surface area contributed by atoms with Crippen molar-refractivity contribution in [3.8, 4) is 5.75 Å². The SMILES string of the molecule is Nc1cc2ccc(Br)cc2cc1OCc1ccccc1. The van der Waals surface area contributed by atoms with E-state index in [2.05, 4.69) is 22.0 Å². The van der Waals surface area contributed by atoms with Crippen LogP contribution in [0.4, 0.5) is 5.69 Å². The maximum absolute atomic E-state index is 6.05. The molecule has 0 heterocycles. The highest BCUT2D eigenvalue weighted by Gasteiger charge is 2.04. The normalized spacial score (nSPS) is 10.7. The minimum atomic E-state index is 0.518. The monoisotopic (exact) mass is 327 g/mol. The molecule has 3 rings (SSSR count). The summed E-state index contributed by atoms with van der Waals surface area (Å²) >= 11 is 3.48. The summed E-state index contributed by atoms with van der Waals surface area (Å²) in [5, 5.41) is 2.22. The summed E-state index contributed by atoms with van der Waals surface area (Å²) in [4.78, 5) is 0. The summed E-state index contributed by atoms with van der Waals surface area (Å²) in [7, 11) is 0. The number of nitrogens with two attached hydrogens (primary N) is 1. The fraction of sp³-hybridized carbons (Fsp3) is 0.0588. The van der Waals surface area contributed by atoms with E-state index in [0.717, 1.165) is 26.6 Å². The van der Waals surface area contributed by atoms with Crippen molar-refractivity contribution >= 4 is 32.4 Å². The van der Waals surface area contributed by atoms with E-state index in [1.54, 1.807) is 0 Å². The lowest BCUT2D eigenvalue weighted by atomic mass is 10.1. The van der Waals surface area contributed by atoms with Crippen molar-refractivity contribution in [2.45, 2.75) is 6.61 Å². The Morgan fingerprint density at radius 3 is 2.50 bits per heavy atom. The van der Waals surface area contributed by atoms with Crippen LogP contribution in [-0.4, -0.2) is 0 Å². The number of halogens is 1. The fourth-order valence-electron chi connectivity index (χ4n) is 2.13. The summed E-state index contributed by atoms with van der Waals surface area (Å²) in [6.45, 7) is 0.518. The van der Waals surface area contributed by atoms with Gasteiger partial charge in [-0.3, -0.25) is 0 Å². The van der Waals surface area contributed by atoms with E-state index in [1.807, 2.05) is 54.6 Å². The molecule has 0 amide bonds. The second-order valence-corrected chi connectivity index (χ2v) is 5.57. The van der Waals surface area contributed by atoms with Gasteiger partial charge in [-0.2, -0.15) is 0 Å². The Kier molecular flexibility index (Phi) is 3.61. The molecule has 2 nitrogen and oxygen atoms in total. The van der Waals surface area contributed by atoms with Crippen molar-refractivity contribution in [1.82, 2.24) is 0 Å². The highest BCUT2D eigenvalue weighted by Crippen LogP contribution is 2.30. The van der Waals surface area contributed by atoms with Crippen molar-refractivity contribution in [3.05, 3.63) is 70.7 Å². The number of fused-ring (bicyclic) bond motifs is 1. The third-order valence-electron chi connectivity index (χ3n) is 3.17. The largest absolute Gasteiger partial charge is 0.487 e. The quantitative estimate of drug-likeness (QED) is 0.703. The predicted molar refractivity (Wildman–Crippen MR) is 86.8 cm³/mol. The number of anilines is 1. The maximum atomic E-state index is 6.05. The molecule has 0 unspecified atom stereocenters. The van der Waals surface area contributed by atoms with Gasteiger partial charge in [0.05, 0.1) is 5.69 Å². The van der Waals surface area contributed by atoms with Gasteiger partial charge in [0.15, 0.2) is 0 Å². The third-order valence-corrected chi connectivity index (χ3v) is 3.66. The minimum Gasteiger partial charge on any atom is -0.487 e. The predicted octanol–water partition coefficient (Wildman–Crippen LogP) is 4.76. The van der Waals surface area contributed by atoms with Crippen LogP contribution in [0.25, 0.3) is 10.8 Å². The van der Waals surface area contributed by atoms with Crippen LogP contribution in [0.2, 0.25) is 0 Å². The van der Waals surface area contributed by atoms with Gasteiger partial charge in [-0.15, -0.1) is 0 Å². The van der Waals surface area contributed by atoms with Crippen LogP contribution < -0.4 is 10.5 Å². The third kappa shape index (κ3) is 2.78. The molecule has 0 aliphatic carbocycles. The Morgan fingerprint density at radius 1 is 0.900 bits per heavy atom. The van der Waals surface area contributed by atoms with Crippen molar-refractivity contribution in [1.29, 1.82) is 0 Å². The molecule has 0 aliphatic rings. The lowest BCUT2D eigenvalue weighted by molar-refractivity contribution is 0.308. The zero-order valence-corrected chi connectivity index (χ0v) is 12.4. The van der Waals surface area contributed by atoms with E-state index in [0.29, 0.717) is 12.3 Å². The number of benzene rings is 3. The first-order valence-electron chi connectivity index (χ1n) is 6.38. The molecular weight excluding hydrogens is 314 g/mol. The minimum absolute atomic E-state index is 0.518. The van der Waals surface area contributed by atoms with Crippen LogP contribution in [0.3, 0.4) is 0 Å². The molecule has 2 N–H and O–H groups in total. The van der Waals surface area contributed by atoms with E-state index < -0.39 is 0 Å². The molecule has 0 spiro atoms. The van der Waals surface area contributed by atoms with Gasteiger partial charge in [0, 0.05) is 4.47 Å². The standard InChI is InChI=1S/C17H14BrNO/c18-15-7-6-13-9-16(19)17(10-14(13)8-15)20-11-12-4-2-1-3-5-12/h1-10H,11,19H2. The molecule has 0 atom stereocenters. The highest BCUT2D eigenvalue weighted by atomic mass is 79.9. The van der Waals surface area contributed by atoms with E-state index in [9.17, 15) is 0 Å². The fourth-order valence-corrected chi connectivity index (χ4v) is 2.50.